The Labute approximate surface area is 149 Å². The van der Waals surface area contributed by atoms with Gasteiger partial charge in [0.05, 0.1) is 0 Å². The van der Waals surface area contributed by atoms with E-state index in [0.717, 1.165) is 31.7 Å². The summed E-state index contributed by atoms with van der Waals surface area (Å²) in [6, 6.07) is 3.99. The number of hydrogen-bond acceptors (Lipinski definition) is 5. The molecule has 2 rings (SSSR count). The standard InChI is InChI=1S/C18H28N4O3/c1-13(21-8-10-22(11-9-21)14(2)23)15-6-7-19-16(12-15)20-17(24)25-18(3,4)5/h6-7,12-13H,8-11H2,1-5H3,(H,19,20,24). The molecule has 1 aliphatic rings. The predicted octanol–water partition coefficient (Wildman–Crippen LogP) is 2.65. The SMILES string of the molecule is CC(=O)N1CCN(C(C)c2ccnc(NC(=O)OC(C)(C)C)c2)CC1. The van der Waals surface area contributed by atoms with Crippen molar-refractivity contribution in [2.24, 2.45) is 0 Å². The van der Waals surface area contributed by atoms with Crippen molar-refractivity contribution in [3.8, 4) is 0 Å². The fraction of sp³-hybridized carbons (Fsp3) is 0.611. The van der Waals surface area contributed by atoms with Gasteiger partial charge in [0.25, 0.3) is 0 Å². The highest BCUT2D eigenvalue weighted by Crippen LogP contribution is 2.23. The molecule has 1 saturated heterocycles. The van der Waals surface area contributed by atoms with Crippen LogP contribution in [0.2, 0.25) is 0 Å². The Hall–Kier alpha value is -2.15. The predicted molar refractivity (Wildman–Crippen MR) is 96.3 cm³/mol. The molecule has 7 nitrogen and oxygen atoms in total. The Bertz CT molecular complexity index is 619. The number of rotatable bonds is 3. The molecule has 0 radical (unpaired) electrons. The maximum Gasteiger partial charge on any atom is 0.413 e. The first-order chi connectivity index (χ1) is 11.7. The Kier molecular flexibility index (Phi) is 6.00. The highest BCUT2D eigenvalue weighted by Gasteiger charge is 2.23. The summed E-state index contributed by atoms with van der Waals surface area (Å²) < 4.78 is 5.25. The number of ether oxygens (including phenoxy) is 1. The van der Waals surface area contributed by atoms with E-state index in [-0.39, 0.29) is 11.9 Å². The van der Waals surface area contributed by atoms with Crippen LogP contribution in [0.3, 0.4) is 0 Å². The summed E-state index contributed by atoms with van der Waals surface area (Å²) in [5.41, 5.74) is 0.517. The minimum Gasteiger partial charge on any atom is -0.444 e. The average Bonchev–Trinajstić information content (AvgIpc) is 2.52. The fourth-order valence-corrected chi connectivity index (χ4v) is 2.82. The summed E-state index contributed by atoms with van der Waals surface area (Å²) in [5, 5.41) is 2.67. The molecule has 0 saturated carbocycles. The average molecular weight is 348 g/mol. The second-order valence-electron chi connectivity index (χ2n) is 7.32. The minimum absolute atomic E-state index is 0.125. The molecule has 138 valence electrons. The summed E-state index contributed by atoms with van der Waals surface area (Å²) in [5.74, 6) is 0.598. The fourth-order valence-electron chi connectivity index (χ4n) is 2.82. The number of nitrogens with zero attached hydrogens (tertiary/aromatic N) is 3. The van der Waals surface area contributed by atoms with Crippen molar-refractivity contribution in [2.45, 2.75) is 46.3 Å². The number of pyridine rings is 1. The van der Waals surface area contributed by atoms with Crippen molar-refractivity contribution in [1.82, 2.24) is 14.8 Å². The van der Waals surface area contributed by atoms with Gasteiger partial charge in [-0.15, -0.1) is 0 Å². The van der Waals surface area contributed by atoms with Gasteiger partial charge in [-0.05, 0) is 45.4 Å². The molecule has 1 atom stereocenters. The lowest BCUT2D eigenvalue weighted by Crippen LogP contribution is -2.48. The third-order valence-corrected chi connectivity index (χ3v) is 4.20. The molecule has 25 heavy (non-hydrogen) atoms. The second-order valence-corrected chi connectivity index (χ2v) is 7.32. The van der Waals surface area contributed by atoms with Crippen LogP contribution < -0.4 is 5.32 Å². The smallest absolute Gasteiger partial charge is 0.413 e. The van der Waals surface area contributed by atoms with Gasteiger partial charge in [-0.1, -0.05) is 0 Å². The van der Waals surface area contributed by atoms with Crippen molar-refractivity contribution in [1.29, 1.82) is 0 Å². The summed E-state index contributed by atoms with van der Waals surface area (Å²) >= 11 is 0. The third kappa shape index (κ3) is 5.70. The Balaban J connectivity index is 1.98. The number of aromatic nitrogens is 1. The van der Waals surface area contributed by atoms with Crippen LogP contribution in [0.1, 0.15) is 46.2 Å². The molecule has 1 aromatic heterocycles. The zero-order valence-electron chi connectivity index (χ0n) is 15.7. The zero-order valence-corrected chi connectivity index (χ0v) is 15.7. The number of carbonyl (C=O) groups excluding carboxylic acids is 2. The molecule has 1 aromatic rings. The molecular formula is C18H28N4O3. The summed E-state index contributed by atoms with van der Waals surface area (Å²) in [6.07, 6.45) is 1.17. The maximum atomic E-state index is 11.9. The van der Waals surface area contributed by atoms with E-state index in [1.165, 1.54) is 0 Å². The van der Waals surface area contributed by atoms with Gasteiger partial charge in [0, 0.05) is 45.3 Å². The number of carbonyl (C=O) groups is 2. The first-order valence-corrected chi connectivity index (χ1v) is 8.61. The van der Waals surface area contributed by atoms with Gasteiger partial charge in [-0.25, -0.2) is 9.78 Å². The molecule has 0 spiro atoms. The molecule has 7 heteroatoms. The lowest BCUT2D eigenvalue weighted by Gasteiger charge is -2.37. The van der Waals surface area contributed by atoms with Crippen LogP contribution in [0.5, 0.6) is 0 Å². The number of nitrogens with one attached hydrogen (secondary N) is 1. The van der Waals surface area contributed by atoms with Crippen LogP contribution in [0, 0.1) is 0 Å². The Morgan fingerprint density at radius 3 is 2.44 bits per heavy atom. The van der Waals surface area contributed by atoms with E-state index in [1.807, 2.05) is 37.8 Å². The van der Waals surface area contributed by atoms with Crippen LogP contribution in [0.25, 0.3) is 0 Å². The van der Waals surface area contributed by atoms with E-state index in [1.54, 1.807) is 13.1 Å². The molecule has 0 bridgehead atoms. The maximum absolute atomic E-state index is 11.9. The Morgan fingerprint density at radius 2 is 1.88 bits per heavy atom. The van der Waals surface area contributed by atoms with Gasteiger partial charge < -0.3 is 9.64 Å². The lowest BCUT2D eigenvalue weighted by atomic mass is 10.1. The van der Waals surface area contributed by atoms with Crippen molar-refractivity contribution in [3.05, 3.63) is 23.9 Å². The van der Waals surface area contributed by atoms with E-state index in [4.69, 9.17) is 4.74 Å². The highest BCUT2D eigenvalue weighted by atomic mass is 16.6. The number of anilines is 1. The van der Waals surface area contributed by atoms with Crippen LogP contribution in [-0.4, -0.2) is 58.6 Å². The molecular weight excluding hydrogens is 320 g/mol. The molecule has 1 unspecified atom stereocenters. The van der Waals surface area contributed by atoms with Gasteiger partial charge in [-0.3, -0.25) is 15.0 Å². The van der Waals surface area contributed by atoms with E-state index in [0.29, 0.717) is 5.82 Å². The van der Waals surface area contributed by atoms with Crippen molar-refractivity contribution in [2.75, 3.05) is 31.5 Å². The Morgan fingerprint density at radius 1 is 1.24 bits per heavy atom. The minimum atomic E-state index is -0.550. The van der Waals surface area contributed by atoms with Crippen LogP contribution in [0.15, 0.2) is 18.3 Å². The van der Waals surface area contributed by atoms with Crippen molar-refractivity contribution >= 4 is 17.8 Å². The van der Waals surface area contributed by atoms with Crippen LogP contribution in [0.4, 0.5) is 10.6 Å². The van der Waals surface area contributed by atoms with Gasteiger partial charge in [-0.2, -0.15) is 0 Å². The van der Waals surface area contributed by atoms with Crippen molar-refractivity contribution in [3.63, 3.8) is 0 Å². The van der Waals surface area contributed by atoms with E-state index < -0.39 is 11.7 Å². The number of piperazine rings is 1. The first kappa shape index (κ1) is 19.2. The molecule has 1 aliphatic heterocycles. The molecule has 1 N–H and O–H groups in total. The van der Waals surface area contributed by atoms with E-state index in [9.17, 15) is 9.59 Å². The topological polar surface area (TPSA) is 74.8 Å². The van der Waals surface area contributed by atoms with Crippen LogP contribution >= 0.6 is 0 Å². The van der Waals surface area contributed by atoms with Gasteiger partial charge in [0.15, 0.2) is 0 Å². The van der Waals surface area contributed by atoms with E-state index >= 15 is 0 Å². The van der Waals surface area contributed by atoms with Gasteiger partial charge in [0.2, 0.25) is 5.91 Å². The second kappa shape index (κ2) is 7.82. The molecule has 2 heterocycles. The molecule has 1 fully saturated rings. The highest BCUT2D eigenvalue weighted by molar-refractivity contribution is 5.83. The zero-order chi connectivity index (χ0) is 18.6. The quantitative estimate of drug-likeness (QED) is 0.909. The molecule has 2 amide bonds. The lowest BCUT2D eigenvalue weighted by molar-refractivity contribution is -0.130. The molecule has 0 aromatic carbocycles. The first-order valence-electron chi connectivity index (χ1n) is 8.61. The molecule has 0 aliphatic carbocycles. The summed E-state index contributed by atoms with van der Waals surface area (Å²) in [7, 11) is 0. The van der Waals surface area contributed by atoms with E-state index in [2.05, 4.69) is 22.1 Å². The van der Waals surface area contributed by atoms with Gasteiger partial charge in [0.1, 0.15) is 11.4 Å². The van der Waals surface area contributed by atoms with Gasteiger partial charge >= 0.3 is 6.09 Å². The van der Waals surface area contributed by atoms with Crippen LogP contribution in [-0.2, 0) is 9.53 Å². The summed E-state index contributed by atoms with van der Waals surface area (Å²) in [4.78, 5) is 31.7. The number of amides is 2. The number of hydrogen-bond donors (Lipinski definition) is 1. The van der Waals surface area contributed by atoms with Crippen molar-refractivity contribution < 1.29 is 14.3 Å². The summed E-state index contributed by atoms with van der Waals surface area (Å²) in [6.45, 7) is 12.3. The largest absolute Gasteiger partial charge is 0.444 e. The normalized spacial score (nSPS) is 17.1. The monoisotopic (exact) mass is 348 g/mol. The third-order valence-electron chi connectivity index (χ3n) is 4.20.